The molecule has 2 aromatic carbocycles. The van der Waals surface area contributed by atoms with Crippen molar-refractivity contribution in [1.82, 2.24) is 10.2 Å². The minimum Gasteiger partial charge on any atom is -0.497 e. The molecule has 0 saturated carbocycles. The van der Waals surface area contributed by atoms with E-state index in [1.807, 2.05) is 49.4 Å². The Balaban J connectivity index is 1.91. The Bertz CT molecular complexity index is 1090. The van der Waals surface area contributed by atoms with Crippen molar-refractivity contribution >= 4 is 34.4 Å². The number of aliphatic hydroxyl groups excluding tert-OH is 2. The molecular formula is C28H35IN2O6. The first-order chi connectivity index (χ1) is 17.9. The van der Waals surface area contributed by atoms with Crippen molar-refractivity contribution in [2.75, 3.05) is 26.8 Å². The summed E-state index contributed by atoms with van der Waals surface area (Å²) in [5.74, 6) is 0.887. The van der Waals surface area contributed by atoms with Crippen molar-refractivity contribution in [2.45, 2.75) is 50.9 Å². The van der Waals surface area contributed by atoms with Gasteiger partial charge >= 0.3 is 0 Å². The number of aliphatic hydroxyl groups is 2. The van der Waals surface area contributed by atoms with E-state index in [4.69, 9.17) is 14.6 Å². The van der Waals surface area contributed by atoms with Crippen LogP contribution in [0.2, 0.25) is 0 Å². The molecule has 2 aromatic rings. The summed E-state index contributed by atoms with van der Waals surface area (Å²) in [6.07, 6.45) is 1.49. The molecule has 0 radical (unpaired) electrons. The largest absolute Gasteiger partial charge is 0.497 e. The monoisotopic (exact) mass is 622 g/mol. The predicted octanol–water partition coefficient (Wildman–Crippen LogP) is 3.09. The van der Waals surface area contributed by atoms with Gasteiger partial charge in [-0.25, -0.2) is 0 Å². The molecule has 0 aromatic heterocycles. The van der Waals surface area contributed by atoms with Crippen LogP contribution in [-0.4, -0.2) is 72.0 Å². The van der Waals surface area contributed by atoms with Crippen LogP contribution in [0.1, 0.15) is 31.7 Å². The Labute approximate surface area is 231 Å². The van der Waals surface area contributed by atoms with E-state index in [1.54, 1.807) is 24.2 Å². The molecule has 3 atom stereocenters. The number of ether oxygens (including phenoxy) is 2. The van der Waals surface area contributed by atoms with Crippen molar-refractivity contribution in [1.29, 1.82) is 0 Å². The number of rotatable bonds is 12. The minimum atomic E-state index is -1.04. The number of nitrogens with one attached hydrogen (secondary N) is 1. The standard InChI is InChI=1S/C28H35IN2O6/c1-3-7-26(33)31(14-12-19-8-6-9-21(16-19)36-2)23-17-20(28(35)30-13-15-32)18-25(27(23)34)37-24-11-5-4-10-22(24)29/h4-6,8-11,16,18,23,25,27,32,34H,3,7,12-15,17H2,1-2H3,(H,30,35)/t23-,25+,27+/m1/s1. The van der Waals surface area contributed by atoms with Crippen LogP contribution in [0.4, 0.5) is 0 Å². The quantitative estimate of drug-likeness (QED) is 0.314. The Hall–Kier alpha value is -2.63. The summed E-state index contributed by atoms with van der Waals surface area (Å²) in [7, 11) is 1.61. The topological polar surface area (TPSA) is 108 Å². The van der Waals surface area contributed by atoms with Gasteiger partial charge in [0, 0.05) is 31.5 Å². The summed E-state index contributed by atoms with van der Waals surface area (Å²) in [6, 6.07) is 14.4. The molecule has 0 bridgehead atoms. The fraction of sp³-hybridized carbons (Fsp3) is 0.429. The zero-order valence-electron chi connectivity index (χ0n) is 21.2. The SMILES string of the molecule is CCCC(=O)N(CCc1cccc(OC)c1)[C@@H]1CC(C(=O)NCCO)=C[C@H](Oc2ccccc2I)[C@H]1O. The van der Waals surface area contributed by atoms with E-state index in [-0.39, 0.29) is 31.4 Å². The third-order valence-electron chi connectivity index (χ3n) is 6.27. The molecule has 1 aliphatic carbocycles. The Kier molecular flexibility index (Phi) is 11.2. The van der Waals surface area contributed by atoms with Crippen LogP contribution in [0.3, 0.4) is 0 Å². The molecule has 0 spiro atoms. The number of methoxy groups -OCH3 is 1. The Morgan fingerprint density at radius 2 is 1.97 bits per heavy atom. The average molecular weight is 623 g/mol. The van der Waals surface area contributed by atoms with Crippen LogP contribution >= 0.6 is 22.6 Å². The van der Waals surface area contributed by atoms with Crippen LogP contribution in [-0.2, 0) is 16.0 Å². The normalized spacial score (nSPS) is 19.1. The molecule has 1 aliphatic rings. The van der Waals surface area contributed by atoms with E-state index < -0.39 is 18.2 Å². The van der Waals surface area contributed by atoms with Crippen LogP contribution in [0, 0.1) is 3.57 Å². The fourth-order valence-electron chi connectivity index (χ4n) is 4.38. The predicted molar refractivity (Wildman–Crippen MR) is 149 cm³/mol. The first kappa shape index (κ1) is 28.9. The lowest BCUT2D eigenvalue weighted by Gasteiger charge is -2.40. The minimum absolute atomic E-state index is 0.0838. The number of halogens is 1. The molecule has 0 aliphatic heterocycles. The number of carbonyl (C=O) groups excluding carboxylic acids is 2. The molecule has 3 N–H and O–H groups in total. The summed E-state index contributed by atoms with van der Waals surface area (Å²) < 4.78 is 12.4. The van der Waals surface area contributed by atoms with Crippen molar-refractivity contribution < 1.29 is 29.3 Å². The van der Waals surface area contributed by atoms with Crippen LogP contribution in [0.5, 0.6) is 11.5 Å². The molecular weight excluding hydrogens is 587 g/mol. The second-order valence-electron chi connectivity index (χ2n) is 8.89. The highest BCUT2D eigenvalue weighted by atomic mass is 127. The highest BCUT2D eigenvalue weighted by molar-refractivity contribution is 14.1. The summed E-state index contributed by atoms with van der Waals surface area (Å²) in [5, 5.41) is 23.3. The zero-order valence-corrected chi connectivity index (χ0v) is 23.4. The summed E-state index contributed by atoms with van der Waals surface area (Å²) >= 11 is 2.16. The van der Waals surface area contributed by atoms with Gasteiger partial charge in [-0.2, -0.15) is 0 Å². The first-order valence-corrected chi connectivity index (χ1v) is 13.6. The molecule has 2 amide bonds. The third-order valence-corrected chi connectivity index (χ3v) is 7.17. The maximum atomic E-state index is 13.3. The van der Waals surface area contributed by atoms with Crippen molar-refractivity contribution in [3.05, 3.63) is 69.3 Å². The van der Waals surface area contributed by atoms with E-state index in [0.29, 0.717) is 37.1 Å². The smallest absolute Gasteiger partial charge is 0.247 e. The van der Waals surface area contributed by atoms with Gasteiger partial charge in [-0.1, -0.05) is 31.2 Å². The van der Waals surface area contributed by atoms with E-state index in [0.717, 1.165) is 14.9 Å². The molecule has 0 unspecified atom stereocenters. The van der Waals surface area contributed by atoms with Gasteiger partial charge in [0.25, 0.3) is 0 Å². The van der Waals surface area contributed by atoms with Gasteiger partial charge < -0.3 is 29.9 Å². The number of carbonyl (C=O) groups is 2. The number of hydrogen-bond acceptors (Lipinski definition) is 6. The maximum Gasteiger partial charge on any atom is 0.247 e. The van der Waals surface area contributed by atoms with Crippen LogP contribution < -0.4 is 14.8 Å². The number of benzene rings is 2. The molecule has 0 saturated heterocycles. The second-order valence-corrected chi connectivity index (χ2v) is 10.0. The molecule has 37 heavy (non-hydrogen) atoms. The number of amides is 2. The number of nitrogens with zero attached hydrogens (tertiary/aromatic N) is 1. The van der Waals surface area contributed by atoms with Crippen molar-refractivity contribution in [2.24, 2.45) is 0 Å². The Morgan fingerprint density at radius 3 is 2.68 bits per heavy atom. The van der Waals surface area contributed by atoms with Gasteiger partial charge in [0.05, 0.1) is 23.3 Å². The molecule has 200 valence electrons. The van der Waals surface area contributed by atoms with Crippen molar-refractivity contribution in [3.63, 3.8) is 0 Å². The van der Waals surface area contributed by atoms with E-state index in [9.17, 15) is 14.7 Å². The molecule has 0 fully saturated rings. The van der Waals surface area contributed by atoms with E-state index in [2.05, 4.69) is 27.9 Å². The molecule has 9 heteroatoms. The lowest BCUT2D eigenvalue weighted by atomic mass is 9.87. The van der Waals surface area contributed by atoms with Gasteiger partial charge in [-0.05, 0) is 71.3 Å². The van der Waals surface area contributed by atoms with Crippen LogP contribution in [0.15, 0.2) is 60.2 Å². The molecule has 0 heterocycles. The van der Waals surface area contributed by atoms with Gasteiger partial charge in [-0.15, -0.1) is 0 Å². The number of hydrogen-bond donors (Lipinski definition) is 3. The lowest BCUT2D eigenvalue weighted by Crippen LogP contribution is -2.55. The molecule has 3 rings (SSSR count). The number of para-hydroxylation sites is 1. The van der Waals surface area contributed by atoms with Gasteiger partial charge in [0.15, 0.2) is 0 Å². The Morgan fingerprint density at radius 1 is 1.19 bits per heavy atom. The maximum absolute atomic E-state index is 13.3. The van der Waals surface area contributed by atoms with E-state index >= 15 is 0 Å². The second kappa shape index (κ2) is 14.3. The third kappa shape index (κ3) is 7.93. The van der Waals surface area contributed by atoms with Gasteiger partial charge in [0.2, 0.25) is 11.8 Å². The van der Waals surface area contributed by atoms with E-state index in [1.165, 1.54) is 0 Å². The summed E-state index contributed by atoms with van der Waals surface area (Å²) in [5.41, 5.74) is 1.41. The fourth-order valence-corrected chi connectivity index (χ4v) is 4.89. The average Bonchev–Trinajstić information content (AvgIpc) is 2.90. The zero-order chi connectivity index (χ0) is 26.8. The van der Waals surface area contributed by atoms with Crippen molar-refractivity contribution in [3.8, 4) is 11.5 Å². The summed E-state index contributed by atoms with van der Waals surface area (Å²) in [6.45, 7) is 2.23. The molecule has 8 nitrogen and oxygen atoms in total. The highest BCUT2D eigenvalue weighted by Crippen LogP contribution is 2.30. The first-order valence-electron chi connectivity index (χ1n) is 12.5. The summed E-state index contributed by atoms with van der Waals surface area (Å²) in [4.78, 5) is 27.9. The van der Waals surface area contributed by atoms with Gasteiger partial charge in [-0.3, -0.25) is 9.59 Å². The van der Waals surface area contributed by atoms with Gasteiger partial charge in [0.1, 0.15) is 23.7 Å². The van der Waals surface area contributed by atoms with Crippen LogP contribution in [0.25, 0.3) is 0 Å². The highest BCUT2D eigenvalue weighted by Gasteiger charge is 2.40. The lowest BCUT2D eigenvalue weighted by molar-refractivity contribution is -0.138.